The molecule has 2 rings (SSSR count). The summed E-state index contributed by atoms with van der Waals surface area (Å²) in [4.78, 5) is 9.68. The Balaban J connectivity index is 2.05. The van der Waals surface area contributed by atoms with Gasteiger partial charge in [0, 0.05) is 0 Å². The Morgan fingerprint density at radius 3 is 2.67 bits per heavy atom. The van der Waals surface area contributed by atoms with Gasteiger partial charge in [0.2, 0.25) is 0 Å². The van der Waals surface area contributed by atoms with Crippen molar-refractivity contribution in [1.82, 2.24) is 0 Å². The molecule has 0 saturated carbocycles. The van der Waals surface area contributed by atoms with Gasteiger partial charge < -0.3 is 4.42 Å². The van der Waals surface area contributed by atoms with Crippen LogP contribution in [0, 0.1) is 10.1 Å². The number of rotatable bonds is 4. The standard InChI is InChI=1S/C12H8F3N3O3/c13-12(14,15)8-2-1-3-9(6-8)17-16-7-10-4-5-11(21-10)18(19)20/h1-7,17H. The minimum atomic E-state index is -4.44. The Kier molecular flexibility index (Phi) is 3.92. The van der Waals surface area contributed by atoms with E-state index >= 15 is 0 Å². The van der Waals surface area contributed by atoms with E-state index in [2.05, 4.69) is 10.5 Å². The van der Waals surface area contributed by atoms with Crippen LogP contribution in [0.3, 0.4) is 0 Å². The van der Waals surface area contributed by atoms with Gasteiger partial charge in [-0.2, -0.15) is 18.3 Å². The van der Waals surface area contributed by atoms with Gasteiger partial charge in [-0.1, -0.05) is 6.07 Å². The van der Waals surface area contributed by atoms with Crippen molar-refractivity contribution in [2.24, 2.45) is 5.10 Å². The van der Waals surface area contributed by atoms with Crippen LogP contribution >= 0.6 is 0 Å². The molecule has 0 aliphatic carbocycles. The molecule has 1 aromatic heterocycles. The van der Waals surface area contributed by atoms with Crippen LogP contribution in [0.5, 0.6) is 0 Å². The van der Waals surface area contributed by atoms with Gasteiger partial charge in [0.15, 0.2) is 5.76 Å². The number of nitrogens with zero attached hydrogens (tertiary/aromatic N) is 2. The van der Waals surface area contributed by atoms with Crippen LogP contribution < -0.4 is 5.43 Å². The van der Waals surface area contributed by atoms with E-state index in [-0.39, 0.29) is 11.4 Å². The van der Waals surface area contributed by atoms with E-state index in [0.29, 0.717) is 0 Å². The van der Waals surface area contributed by atoms with Crippen molar-refractivity contribution >= 4 is 17.8 Å². The van der Waals surface area contributed by atoms with Crippen LogP contribution in [0.25, 0.3) is 0 Å². The highest BCUT2D eigenvalue weighted by Gasteiger charge is 2.30. The molecule has 0 aliphatic rings. The molecule has 2 aromatic rings. The monoisotopic (exact) mass is 299 g/mol. The van der Waals surface area contributed by atoms with Crippen LogP contribution in [0.2, 0.25) is 0 Å². The summed E-state index contributed by atoms with van der Waals surface area (Å²) in [6, 6.07) is 6.92. The van der Waals surface area contributed by atoms with Crippen LogP contribution in [0.15, 0.2) is 45.9 Å². The van der Waals surface area contributed by atoms with Gasteiger partial charge in [-0.15, -0.1) is 0 Å². The van der Waals surface area contributed by atoms with Crippen LogP contribution in [-0.4, -0.2) is 11.1 Å². The highest BCUT2D eigenvalue weighted by atomic mass is 19.4. The normalized spacial score (nSPS) is 11.8. The van der Waals surface area contributed by atoms with Gasteiger partial charge in [-0.25, -0.2) is 0 Å². The van der Waals surface area contributed by atoms with Gasteiger partial charge in [0.1, 0.15) is 4.92 Å². The number of alkyl halides is 3. The maximum Gasteiger partial charge on any atom is 0.433 e. The summed E-state index contributed by atoms with van der Waals surface area (Å²) in [7, 11) is 0. The number of hydrogen-bond donors (Lipinski definition) is 1. The fourth-order valence-corrected chi connectivity index (χ4v) is 1.45. The zero-order valence-electron chi connectivity index (χ0n) is 10.3. The molecule has 9 heteroatoms. The predicted molar refractivity (Wildman–Crippen MR) is 68.0 cm³/mol. The number of nitro groups is 1. The van der Waals surface area contributed by atoms with E-state index in [4.69, 9.17) is 4.42 Å². The van der Waals surface area contributed by atoms with Crippen molar-refractivity contribution in [3.63, 3.8) is 0 Å². The second-order valence-corrected chi connectivity index (χ2v) is 3.88. The molecular weight excluding hydrogens is 291 g/mol. The Bertz CT molecular complexity index is 680. The van der Waals surface area contributed by atoms with Crippen molar-refractivity contribution in [3.8, 4) is 0 Å². The quantitative estimate of drug-likeness (QED) is 0.531. The molecule has 0 fully saturated rings. The van der Waals surface area contributed by atoms with Crippen molar-refractivity contribution < 1.29 is 22.5 Å². The van der Waals surface area contributed by atoms with E-state index in [9.17, 15) is 23.3 Å². The summed E-state index contributed by atoms with van der Waals surface area (Å²) < 4.78 is 42.3. The first-order chi connectivity index (χ1) is 9.86. The topological polar surface area (TPSA) is 80.7 Å². The van der Waals surface area contributed by atoms with E-state index in [1.165, 1.54) is 18.2 Å². The number of hydrogen-bond acceptors (Lipinski definition) is 5. The molecular formula is C12H8F3N3O3. The SMILES string of the molecule is O=[N+]([O-])c1ccc(C=NNc2cccc(C(F)(F)F)c2)o1. The molecule has 1 aromatic carbocycles. The Morgan fingerprint density at radius 2 is 2.05 bits per heavy atom. The first-order valence-electron chi connectivity index (χ1n) is 5.57. The minimum Gasteiger partial charge on any atom is -0.400 e. The summed E-state index contributed by atoms with van der Waals surface area (Å²) >= 11 is 0. The minimum absolute atomic E-state index is 0.0983. The van der Waals surface area contributed by atoms with Crippen LogP contribution in [0.4, 0.5) is 24.7 Å². The first kappa shape index (κ1) is 14.6. The van der Waals surface area contributed by atoms with Crippen molar-refractivity contribution in [3.05, 3.63) is 57.8 Å². The average Bonchev–Trinajstić information content (AvgIpc) is 2.87. The fraction of sp³-hybridized carbons (Fsp3) is 0.0833. The average molecular weight is 299 g/mol. The van der Waals surface area contributed by atoms with Gasteiger partial charge in [-0.3, -0.25) is 15.5 Å². The lowest BCUT2D eigenvalue weighted by Gasteiger charge is -2.07. The Labute approximate surface area is 116 Å². The molecule has 0 unspecified atom stereocenters. The van der Waals surface area contributed by atoms with E-state index < -0.39 is 22.5 Å². The second-order valence-electron chi connectivity index (χ2n) is 3.88. The largest absolute Gasteiger partial charge is 0.433 e. The number of hydrazone groups is 1. The first-order valence-corrected chi connectivity index (χ1v) is 5.57. The molecule has 1 N–H and O–H groups in total. The smallest absolute Gasteiger partial charge is 0.400 e. The van der Waals surface area contributed by atoms with Crippen molar-refractivity contribution in [2.75, 3.05) is 5.43 Å². The number of benzene rings is 1. The molecule has 0 spiro atoms. The molecule has 0 amide bonds. The van der Waals surface area contributed by atoms with Gasteiger partial charge in [0.25, 0.3) is 0 Å². The summed E-state index contributed by atoms with van der Waals surface area (Å²) in [5, 5.41) is 14.0. The highest BCUT2D eigenvalue weighted by molar-refractivity contribution is 5.77. The maximum atomic E-state index is 12.5. The lowest BCUT2D eigenvalue weighted by Crippen LogP contribution is -2.05. The van der Waals surface area contributed by atoms with Gasteiger partial charge in [0.05, 0.1) is 23.5 Å². The summed E-state index contributed by atoms with van der Waals surface area (Å²) in [6.45, 7) is 0. The lowest BCUT2D eigenvalue weighted by atomic mass is 10.2. The predicted octanol–water partition coefficient (Wildman–Crippen LogP) is 3.65. The van der Waals surface area contributed by atoms with Crippen molar-refractivity contribution in [2.45, 2.75) is 6.18 Å². The third kappa shape index (κ3) is 3.81. The third-order valence-corrected chi connectivity index (χ3v) is 2.37. The Morgan fingerprint density at radius 1 is 1.29 bits per heavy atom. The highest BCUT2D eigenvalue weighted by Crippen LogP contribution is 2.30. The summed E-state index contributed by atoms with van der Waals surface area (Å²) in [5.41, 5.74) is 1.70. The van der Waals surface area contributed by atoms with Crippen LogP contribution in [0.1, 0.15) is 11.3 Å². The molecule has 1 heterocycles. The van der Waals surface area contributed by atoms with Crippen LogP contribution in [-0.2, 0) is 6.18 Å². The molecule has 6 nitrogen and oxygen atoms in total. The van der Waals surface area contributed by atoms with Gasteiger partial charge in [-0.05, 0) is 24.3 Å². The van der Waals surface area contributed by atoms with Gasteiger partial charge >= 0.3 is 12.1 Å². The zero-order chi connectivity index (χ0) is 15.5. The summed E-state index contributed by atoms with van der Waals surface area (Å²) in [5.74, 6) is -0.350. The molecule has 0 saturated heterocycles. The second kappa shape index (κ2) is 5.65. The number of anilines is 1. The molecule has 21 heavy (non-hydrogen) atoms. The number of halogens is 3. The van der Waals surface area contributed by atoms with E-state index in [0.717, 1.165) is 24.4 Å². The molecule has 110 valence electrons. The zero-order valence-corrected chi connectivity index (χ0v) is 10.3. The number of nitrogens with one attached hydrogen (secondary N) is 1. The Hall–Kier alpha value is -2.84. The molecule has 0 radical (unpaired) electrons. The molecule has 0 bridgehead atoms. The fourth-order valence-electron chi connectivity index (χ4n) is 1.45. The van der Waals surface area contributed by atoms with E-state index in [1.54, 1.807) is 0 Å². The lowest BCUT2D eigenvalue weighted by molar-refractivity contribution is -0.402. The molecule has 0 atom stereocenters. The number of furan rings is 1. The molecule has 0 aliphatic heterocycles. The van der Waals surface area contributed by atoms with Crippen molar-refractivity contribution in [1.29, 1.82) is 0 Å². The third-order valence-electron chi connectivity index (χ3n) is 2.37. The van der Waals surface area contributed by atoms with E-state index in [1.807, 2.05) is 0 Å². The summed E-state index contributed by atoms with van der Waals surface area (Å²) in [6.07, 6.45) is -3.32. The maximum absolute atomic E-state index is 12.5.